The Balaban J connectivity index is 2.62. The lowest BCUT2D eigenvalue weighted by Crippen LogP contribution is -2.41. The smallest absolute Gasteiger partial charge is 0.217 e. The molecule has 16 heavy (non-hydrogen) atoms. The van der Waals surface area contributed by atoms with Crippen LogP contribution in [-0.4, -0.2) is 49.3 Å². The number of hydrogen-bond donors (Lipinski definition) is 1. The Kier molecular flexibility index (Phi) is 5.10. The summed E-state index contributed by atoms with van der Waals surface area (Å²) in [5.41, 5.74) is 5.37. The molecule has 0 radical (unpaired) electrons. The normalized spacial score (nSPS) is 21.5. The van der Waals surface area contributed by atoms with E-state index in [1.165, 1.54) is 4.31 Å². The zero-order chi connectivity index (χ0) is 12.2. The van der Waals surface area contributed by atoms with Gasteiger partial charge in [0.05, 0.1) is 23.4 Å². The summed E-state index contributed by atoms with van der Waals surface area (Å²) in [5.74, 6) is 0.0312. The molecule has 1 aliphatic rings. The second kappa shape index (κ2) is 5.90. The van der Waals surface area contributed by atoms with Crippen LogP contribution in [0, 0.1) is 0 Å². The van der Waals surface area contributed by atoms with Crippen LogP contribution in [0.3, 0.4) is 0 Å². The molecule has 0 bridgehead atoms. The quantitative estimate of drug-likeness (QED) is 0.691. The van der Waals surface area contributed by atoms with E-state index in [2.05, 4.69) is 0 Å². The molecule has 0 aliphatic carbocycles. The highest BCUT2D eigenvalue weighted by Gasteiger charge is 2.27. The Bertz CT molecular complexity index is 337. The Morgan fingerprint density at radius 1 is 1.62 bits per heavy atom. The van der Waals surface area contributed by atoms with Crippen molar-refractivity contribution in [3.05, 3.63) is 0 Å². The predicted molar refractivity (Wildman–Crippen MR) is 66.8 cm³/mol. The standard InChI is InChI=1S/C9H18N2O3S2/c1-2-11(6-9(10)15)16(12,13)7-8-4-3-5-14-8/h8H,2-7H2,1H3,(H2,10,15). The molecule has 5 nitrogen and oxygen atoms in total. The number of rotatable bonds is 6. The first-order chi connectivity index (χ1) is 7.45. The minimum Gasteiger partial charge on any atom is -0.392 e. The van der Waals surface area contributed by atoms with Crippen LogP contribution in [0.1, 0.15) is 19.8 Å². The van der Waals surface area contributed by atoms with E-state index in [4.69, 9.17) is 22.7 Å². The third-order valence-electron chi connectivity index (χ3n) is 2.50. The molecule has 1 heterocycles. The molecule has 1 rings (SSSR count). The van der Waals surface area contributed by atoms with Gasteiger partial charge in [-0.3, -0.25) is 0 Å². The second-order valence-corrected chi connectivity index (χ2v) is 6.34. The maximum atomic E-state index is 12.0. The monoisotopic (exact) mass is 266 g/mol. The van der Waals surface area contributed by atoms with Crippen molar-refractivity contribution in [2.45, 2.75) is 25.9 Å². The molecule has 1 fully saturated rings. The molecule has 94 valence electrons. The van der Waals surface area contributed by atoms with E-state index < -0.39 is 10.0 Å². The second-order valence-electron chi connectivity index (χ2n) is 3.81. The summed E-state index contributed by atoms with van der Waals surface area (Å²) in [6.45, 7) is 2.92. The van der Waals surface area contributed by atoms with Gasteiger partial charge < -0.3 is 10.5 Å². The van der Waals surface area contributed by atoms with Crippen molar-refractivity contribution in [2.75, 3.05) is 25.4 Å². The van der Waals surface area contributed by atoms with Gasteiger partial charge in [0.25, 0.3) is 0 Å². The fourth-order valence-electron chi connectivity index (χ4n) is 1.70. The van der Waals surface area contributed by atoms with E-state index in [1.54, 1.807) is 6.92 Å². The van der Waals surface area contributed by atoms with Crippen LogP contribution >= 0.6 is 12.2 Å². The van der Waals surface area contributed by atoms with E-state index >= 15 is 0 Å². The highest BCUT2D eigenvalue weighted by molar-refractivity contribution is 7.89. The maximum absolute atomic E-state index is 12.0. The summed E-state index contributed by atoms with van der Waals surface area (Å²) in [6.07, 6.45) is 1.57. The minimum absolute atomic E-state index is 0.0312. The molecular weight excluding hydrogens is 248 g/mol. The molecule has 7 heteroatoms. The highest BCUT2D eigenvalue weighted by Crippen LogP contribution is 2.15. The Hall–Kier alpha value is -0.240. The molecule has 0 aromatic carbocycles. The largest absolute Gasteiger partial charge is 0.392 e. The topological polar surface area (TPSA) is 72.6 Å². The van der Waals surface area contributed by atoms with E-state index in [0.717, 1.165) is 12.8 Å². The first kappa shape index (κ1) is 13.8. The maximum Gasteiger partial charge on any atom is 0.217 e. The van der Waals surface area contributed by atoms with Crippen molar-refractivity contribution in [1.82, 2.24) is 4.31 Å². The molecule has 1 saturated heterocycles. The lowest BCUT2D eigenvalue weighted by atomic mass is 10.3. The molecule has 0 saturated carbocycles. The van der Waals surface area contributed by atoms with Crippen LogP contribution in [0.15, 0.2) is 0 Å². The van der Waals surface area contributed by atoms with Gasteiger partial charge in [-0.25, -0.2) is 8.42 Å². The van der Waals surface area contributed by atoms with E-state index in [-0.39, 0.29) is 23.4 Å². The van der Waals surface area contributed by atoms with Gasteiger partial charge in [0.1, 0.15) is 0 Å². The molecular formula is C9H18N2O3S2. The van der Waals surface area contributed by atoms with Crippen LogP contribution in [0.2, 0.25) is 0 Å². The van der Waals surface area contributed by atoms with Gasteiger partial charge in [0, 0.05) is 13.2 Å². The van der Waals surface area contributed by atoms with E-state index in [9.17, 15) is 8.42 Å². The van der Waals surface area contributed by atoms with Crippen molar-refractivity contribution < 1.29 is 13.2 Å². The zero-order valence-electron chi connectivity index (χ0n) is 9.39. The SMILES string of the molecule is CCN(CC(N)=S)S(=O)(=O)CC1CCCO1. The molecule has 1 atom stereocenters. The predicted octanol–water partition coefficient (Wildman–Crippen LogP) is 0.103. The minimum atomic E-state index is -3.31. The fourth-order valence-corrected chi connectivity index (χ4v) is 3.61. The summed E-state index contributed by atoms with van der Waals surface area (Å²) >= 11 is 4.73. The third-order valence-corrected chi connectivity index (χ3v) is 4.59. The molecule has 2 N–H and O–H groups in total. The summed E-state index contributed by atoms with van der Waals surface area (Å²) in [4.78, 5) is 0.192. The van der Waals surface area contributed by atoms with Crippen LogP contribution in [0.4, 0.5) is 0 Å². The van der Waals surface area contributed by atoms with Crippen molar-refractivity contribution >= 4 is 27.2 Å². The van der Waals surface area contributed by atoms with Gasteiger partial charge in [-0.2, -0.15) is 4.31 Å². The molecule has 1 aliphatic heterocycles. The lowest BCUT2D eigenvalue weighted by molar-refractivity contribution is 0.126. The molecule has 0 amide bonds. The van der Waals surface area contributed by atoms with Crippen LogP contribution in [0.5, 0.6) is 0 Å². The van der Waals surface area contributed by atoms with Gasteiger partial charge in [0.15, 0.2) is 0 Å². The van der Waals surface area contributed by atoms with Gasteiger partial charge >= 0.3 is 0 Å². The Morgan fingerprint density at radius 2 is 2.31 bits per heavy atom. The number of thiocarbonyl (C=S) groups is 1. The lowest BCUT2D eigenvalue weighted by Gasteiger charge is -2.21. The number of nitrogens with two attached hydrogens (primary N) is 1. The number of likely N-dealkylation sites (N-methyl/N-ethyl adjacent to an activating group) is 1. The van der Waals surface area contributed by atoms with Crippen LogP contribution in [0.25, 0.3) is 0 Å². The van der Waals surface area contributed by atoms with Crippen LogP contribution in [-0.2, 0) is 14.8 Å². The van der Waals surface area contributed by atoms with Gasteiger partial charge in [-0.05, 0) is 12.8 Å². The van der Waals surface area contributed by atoms with Gasteiger partial charge in [-0.15, -0.1) is 0 Å². The number of hydrogen-bond acceptors (Lipinski definition) is 4. The fraction of sp³-hybridized carbons (Fsp3) is 0.889. The average Bonchev–Trinajstić information content (AvgIpc) is 2.65. The molecule has 0 spiro atoms. The van der Waals surface area contributed by atoms with Crippen molar-refractivity contribution in [2.24, 2.45) is 5.73 Å². The van der Waals surface area contributed by atoms with Crippen molar-refractivity contribution in [3.8, 4) is 0 Å². The Labute approximate surface area is 102 Å². The molecule has 0 aromatic rings. The summed E-state index contributed by atoms with van der Waals surface area (Å²) in [5, 5.41) is 0. The number of ether oxygens (including phenoxy) is 1. The molecule has 0 aromatic heterocycles. The van der Waals surface area contributed by atoms with E-state index in [0.29, 0.717) is 13.2 Å². The van der Waals surface area contributed by atoms with E-state index in [1.807, 2.05) is 0 Å². The summed E-state index contributed by atoms with van der Waals surface area (Å²) in [6, 6.07) is 0. The van der Waals surface area contributed by atoms with Gasteiger partial charge in [0.2, 0.25) is 10.0 Å². The van der Waals surface area contributed by atoms with Crippen molar-refractivity contribution in [3.63, 3.8) is 0 Å². The first-order valence-electron chi connectivity index (χ1n) is 5.33. The van der Waals surface area contributed by atoms with Crippen LogP contribution < -0.4 is 5.73 Å². The number of sulfonamides is 1. The number of nitrogens with zero attached hydrogens (tertiary/aromatic N) is 1. The van der Waals surface area contributed by atoms with Crippen molar-refractivity contribution in [1.29, 1.82) is 0 Å². The van der Waals surface area contributed by atoms with Gasteiger partial charge in [-0.1, -0.05) is 19.1 Å². The highest BCUT2D eigenvalue weighted by atomic mass is 32.2. The zero-order valence-corrected chi connectivity index (χ0v) is 11.0. The average molecular weight is 266 g/mol. The third kappa shape index (κ3) is 3.97. The molecule has 1 unspecified atom stereocenters. The Morgan fingerprint density at radius 3 is 2.75 bits per heavy atom. The first-order valence-corrected chi connectivity index (χ1v) is 7.35. The summed E-state index contributed by atoms with van der Waals surface area (Å²) in [7, 11) is -3.31. The summed E-state index contributed by atoms with van der Waals surface area (Å²) < 4.78 is 30.6.